The molecule has 3 rings (SSSR count). The van der Waals surface area contributed by atoms with Gasteiger partial charge in [-0.1, -0.05) is 56.2 Å². The number of rotatable bonds is 6. The molecule has 0 radical (unpaired) electrons. The Morgan fingerprint density at radius 1 is 1.00 bits per heavy atom. The van der Waals surface area contributed by atoms with Crippen LogP contribution in [0, 0.1) is 0 Å². The molecule has 0 spiro atoms. The third-order valence-electron chi connectivity index (χ3n) is 4.19. The molecular weight excluding hydrogens is 343 g/mol. The topological polar surface area (TPSA) is 15.8 Å². The van der Waals surface area contributed by atoms with Crippen molar-refractivity contribution in [3.05, 3.63) is 65.9 Å². The minimum atomic E-state index is -4.39. The molecule has 0 fully saturated rings. The van der Waals surface area contributed by atoms with E-state index in [2.05, 4.69) is 11.9 Å². The molecular formula is C20H20F3NS. The highest BCUT2D eigenvalue weighted by atomic mass is 32.2. The lowest BCUT2D eigenvalue weighted by Gasteiger charge is -2.19. The smallest absolute Gasteiger partial charge is 0.351 e. The van der Waals surface area contributed by atoms with E-state index in [-0.39, 0.29) is 5.25 Å². The van der Waals surface area contributed by atoms with Crippen molar-refractivity contribution in [3.63, 3.8) is 0 Å². The summed E-state index contributed by atoms with van der Waals surface area (Å²) < 4.78 is 41.0. The molecule has 1 heterocycles. The maximum Gasteiger partial charge on any atom is 0.431 e. The van der Waals surface area contributed by atoms with Crippen LogP contribution in [0.3, 0.4) is 0 Å². The van der Waals surface area contributed by atoms with Crippen molar-refractivity contribution >= 4 is 22.7 Å². The zero-order valence-corrected chi connectivity index (χ0v) is 14.8. The minimum Gasteiger partial charge on any atom is -0.351 e. The van der Waals surface area contributed by atoms with E-state index in [9.17, 15) is 13.2 Å². The third kappa shape index (κ3) is 4.03. The highest BCUT2D eigenvalue weighted by molar-refractivity contribution is 7.99. The van der Waals surface area contributed by atoms with E-state index in [0.717, 1.165) is 17.7 Å². The van der Waals surface area contributed by atoms with Crippen LogP contribution in [-0.4, -0.2) is 4.98 Å². The number of alkyl halides is 3. The van der Waals surface area contributed by atoms with E-state index in [1.54, 1.807) is 24.3 Å². The molecule has 132 valence electrons. The number of halogens is 3. The highest BCUT2D eigenvalue weighted by Gasteiger charge is 2.38. The summed E-state index contributed by atoms with van der Waals surface area (Å²) in [5, 5.41) is 0.425. The van der Waals surface area contributed by atoms with Crippen LogP contribution >= 0.6 is 11.8 Å². The lowest BCUT2D eigenvalue weighted by molar-refractivity contribution is -0.141. The number of hydrogen-bond acceptors (Lipinski definition) is 1. The molecule has 1 atom stereocenters. The van der Waals surface area contributed by atoms with Crippen molar-refractivity contribution in [2.75, 3.05) is 0 Å². The van der Waals surface area contributed by atoms with Crippen molar-refractivity contribution < 1.29 is 13.2 Å². The first kappa shape index (κ1) is 17.9. The molecule has 1 aromatic heterocycles. The summed E-state index contributed by atoms with van der Waals surface area (Å²) in [6, 6.07) is 16.7. The van der Waals surface area contributed by atoms with E-state index in [1.165, 1.54) is 11.8 Å². The van der Waals surface area contributed by atoms with Gasteiger partial charge >= 0.3 is 6.18 Å². The Bertz CT molecular complexity index is 824. The normalized spacial score (nSPS) is 13.3. The largest absolute Gasteiger partial charge is 0.431 e. The highest BCUT2D eigenvalue weighted by Crippen LogP contribution is 2.47. The summed E-state index contributed by atoms with van der Waals surface area (Å²) >= 11 is 1.51. The average Bonchev–Trinajstić information content (AvgIpc) is 2.99. The molecule has 1 N–H and O–H groups in total. The maximum absolute atomic E-state index is 13.7. The van der Waals surface area contributed by atoms with Gasteiger partial charge in [-0.2, -0.15) is 13.2 Å². The molecule has 0 saturated heterocycles. The molecule has 0 aliphatic heterocycles. The quantitative estimate of drug-likeness (QED) is 0.457. The fraction of sp³-hybridized carbons (Fsp3) is 0.300. The molecule has 1 unspecified atom stereocenters. The van der Waals surface area contributed by atoms with Gasteiger partial charge in [0.1, 0.15) is 5.69 Å². The zero-order valence-electron chi connectivity index (χ0n) is 13.9. The Morgan fingerprint density at radius 2 is 1.68 bits per heavy atom. The van der Waals surface area contributed by atoms with E-state index in [4.69, 9.17) is 0 Å². The second kappa shape index (κ2) is 7.56. The van der Waals surface area contributed by atoms with Crippen molar-refractivity contribution in [3.8, 4) is 0 Å². The first-order valence-electron chi connectivity index (χ1n) is 8.40. The molecule has 0 amide bonds. The van der Waals surface area contributed by atoms with E-state index in [0.29, 0.717) is 22.9 Å². The van der Waals surface area contributed by atoms with Crippen LogP contribution in [0.2, 0.25) is 0 Å². The molecule has 0 bridgehead atoms. The molecule has 0 aliphatic carbocycles. The van der Waals surface area contributed by atoms with E-state index >= 15 is 0 Å². The van der Waals surface area contributed by atoms with Crippen LogP contribution in [0.1, 0.15) is 42.7 Å². The van der Waals surface area contributed by atoms with Gasteiger partial charge in [-0.15, -0.1) is 11.8 Å². The van der Waals surface area contributed by atoms with Gasteiger partial charge in [0.2, 0.25) is 0 Å². The van der Waals surface area contributed by atoms with Crippen molar-refractivity contribution in [1.82, 2.24) is 4.98 Å². The second-order valence-corrected chi connectivity index (χ2v) is 7.29. The summed E-state index contributed by atoms with van der Waals surface area (Å²) in [6.07, 6.45) is -1.84. The van der Waals surface area contributed by atoms with Crippen LogP contribution in [0.25, 0.3) is 10.9 Å². The first-order chi connectivity index (χ1) is 12.0. The van der Waals surface area contributed by atoms with Crippen LogP contribution in [0.4, 0.5) is 13.2 Å². The van der Waals surface area contributed by atoms with Gasteiger partial charge in [-0.3, -0.25) is 0 Å². The number of thioether (sulfide) groups is 1. The summed E-state index contributed by atoms with van der Waals surface area (Å²) in [4.78, 5) is 3.60. The van der Waals surface area contributed by atoms with Crippen LogP contribution in [0.15, 0.2) is 59.5 Å². The standard InChI is InChI=1S/C20H20F3NS/c1-2-3-13-17(25-14-9-5-4-6-10-14)18-15-11-7-8-12-16(15)24-19(18)20(21,22)23/h4-12,17,24H,2-3,13H2,1H3. The van der Waals surface area contributed by atoms with Gasteiger partial charge in [-0.05, 0) is 24.6 Å². The summed E-state index contributed by atoms with van der Waals surface area (Å²) in [7, 11) is 0. The molecule has 1 nitrogen and oxygen atoms in total. The number of H-pyrrole nitrogens is 1. The summed E-state index contributed by atoms with van der Waals surface area (Å²) in [6.45, 7) is 2.06. The van der Waals surface area contributed by atoms with Crippen LogP contribution < -0.4 is 0 Å². The lowest BCUT2D eigenvalue weighted by Crippen LogP contribution is -2.10. The monoisotopic (exact) mass is 363 g/mol. The van der Waals surface area contributed by atoms with E-state index in [1.807, 2.05) is 30.3 Å². The van der Waals surface area contributed by atoms with Crippen molar-refractivity contribution in [2.24, 2.45) is 0 Å². The average molecular weight is 363 g/mol. The fourth-order valence-electron chi connectivity index (χ4n) is 3.04. The lowest BCUT2D eigenvalue weighted by atomic mass is 10.0. The Hall–Kier alpha value is -1.88. The summed E-state index contributed by atoms with van der Waals surface area (Å²) in [5.74, 6) is 0. The molecule has 2 aromatic carbocycles. The van der Waals surface area contributed by atoms with E-state index < -0.39 is 11.9 Å². The number of aromatic nitrogens is 1. The van der Waals surface area contributed by atoms with Gasteiger partial charge < -0.3 is 4.98 Å². The predicted molar refractivity (Wildman–Crippen MR) is 97.9 cm³/mol. The minimum absolute atomic E-state index is 0.241. The SMILES string of the molecule is CCCCC(Sc1ccccc1)c1c(C(F)(F)F)[nH]c2ccccc12. The molecule has 5 heteroatoms. The number of fused-ring (bicyclic) bond motifs is 1. The Morgan fingerprint density at radius 3 is 2.36 bits per heavy atom. The Labute approximate surface area is 149 Å². The van der Waals surface area contributed by atoms with Crippen molar-refractivity contribution in [2.45, 2.75) is 42.5 Å². The molecule has 0 saturated carbocycles. The Balaban J connectivity index is 2.10. The number of hydrogen-bond donors (Lipinski definition) is 1. The maximum atomic E-state index is 13.7. The van der Waals surface area contributed by atoms with Gasteiger partial charge in [0.15, 0.2) is 0 Å². The molecule has 0 aliphatic rings. The van der Waals surface area contributed by atoms with Gasteiger partial charge in [0.05, 0.1) is 0 Å². The number of para-hydroxylation sites is 1. The zero-order chi connectivity index (χ0) is 17.9. The second-order valence-electron chi connectivity index (χ2n) is 6.02. The number of unbranched alkanes of at least 4 members (excludes halogenated alkanes) is 1. The van der Waals surface area contributed by atoms with Gasteiger partial charge in [-0.25, -0.2) is 0 Å². The first-order valence-corrected chi connectivity index (χ1v) is 9.28. The number of nitrogens with one attached hydrogen (secondary N) is 1. The molecule has 3 aromatic rings. The Kier molecular flexibility index (Phi) is 5.42. The summed E-state index contributed by atoms with van der Waals surface area (Å²) in [5.41, 5.74) is 0.309. The number of benzene rings is 2. The van der Waals surface area contributed by atoms with Gasteiger partial charge in [0, 0.05) is 26.6 Å². The van der Waals surface area contributed by atoms with Gasteiger partial charge in [0.25, 0.3) is 0 Å². The van der Waals surface area contributed by atoms with Crippen LogP contribution in [0.5, 0.6) is 0 Å². The third-order valence-corrected chi connectivity index (χ3v) is 5.49. The predicted octanol–water partition coefficient (Wildman–Crippen LogP) is 7.21. The molecule has 25 heavy (non-hydrogen) atoms. The fourth-order valence-corrected chi connectivity index (χ4v) is 4.33. The number of aromatic amines is 1. The van der Waals surface area contributed by atoms with Crippen molar-refractivity contribution in [1.29, 1.82) is 0 Å². The van der Waals surface area contributed by atoms with Crippen LogP contribution in [-0.2, 0) is 6.18 Å².